The largest absolute Gasteiger partial charge is 0.493 e. The number of thiocarbonyl (C=S) groups is 1. The first kappa shape index (κ1) is 19.7. The number of hydrogen-bond donors (Lipinski definition) is 2. The number of nitrogens with zero attached hydrogens (tertiary/aromatic N) is 1. The van der Waals surface area contributed by atoms with Crippen molar-refractivity contribution in [2.45, 2.75) is 6.42 Å². The van der Waals surface area contributed by atoms with E-state index in [1.807, 2.05) is 18.2 Å². The van der Waals surface area contributed by atoms with Gasteiger partial charge in [0.15, 0.2) is 16.6 Å². The third-order valence-electron chi connectivity index (χ3n) is 3.55. The third-order valence-corrected chi connectivity index (χ3v) is 4.11. The minimum Gasteiger partial charge on any atom is -0.493 e. The smallest absolute Gasteiger partial charge is 0.289 e. The van der Waals surface area contributed by atoms with Crippen molar-refractivity contribution < 1.29 is 14.4 Å². The molecule has 0 aliphatic heterocycles. The standard InChI is InChI=1S/C17H18ClN3O4S/c1-24-15-6-3-11(9-16(15)25-2)7-8-19-17(26)20-12-4-5-13(18)14(10-12)21(22)23/h3-6,9-10H,7-8H2,1-2H3,(H2,19,20,26). The highest BCUT2D eigenvalue weighted by Gasteiger charge is 2.13. The molecule has 0 aromatic heterocycles. The molecule has 0 heterocycles. The van der Waals surface area contributed by atoms with Gasteiger partial charge in [-0.2, -0.15) is 0 Å². The predicted octanol–water partition coefficient (Wildman–Crippen LogP) is 3.79. The molecule has 2 N–H and O–H groups in total. The lowest BCUT2D eigenvalue weighted by molar-refractivity contribution is -0.384. The summed E-state index contributed by atoms with van der Waals surface area (Å²) < 4.78 is 10.5. The number of anilines is 1. The number of halogens is 1. The average molecular weight is 396 g/mol. The van der Waals surface area contributed by atoms with Crippen LogP contribution in [0.2, 0.25) is 5.02 Å². The second-order valence-corrected chi connectivity index (χ2v) is 6.06. The fourth-order valence-electron chi connectivity index (χ4n) is 2.26. The molecule has 0 radical (unpaired) electrons. The fourth-order valence-corrected chi connectivity index (χ4v) is 2.67. The fraction of sp³-hybridized carbons (Fsp3) is 0.235. The van der Waals surface area contributed by atoms with Gasteiger partial charge in [0, 0.05) is 18.3 Å². The van der Waals surface area contributed by atoms with Crippen molar-refractivity contribution in [3.8, 4) is 11.5 Å². The molecule has 7 nitrogen and oxygen atoms in total. The lowest BCUT2D eigenvalue weighted by atomic mass is 10.1. The number of nitro benzene ring substituents is 1. The van der Waals surface area contributed by atoms with Gasteiger partial charge in [0.2, 0.25) is 0 Å². The summed E-state index contributed by atoms with van der Waals surface area (Å²) in [4.78, 5) is 10.4. The average Bonchev–Trinajstić information content (AvgIpc) is 2.62. The number of nitrogens with one attached hydrogen (secondary N) is 2. The molecule has 0 aliphatic rings. The van der Waals surface area contributed by atoms with E-state index in [0.717, 1.165) is 5.56 Å². The summed E-state index contributed by atoms with van der Waals surface area (Å²) in [5, 5.41) is 17.3. The van der Waals surface area contributed by atoms with E-state index >= 15 is 0 Å². The van der Waals surface area contributed by atoms with E-state index in [-0.39, 0.29) is 10.7 Å². The summed E-state index contributed by atoms with van der Waals surface area (Å²) in [6.07, 6.45) is 0.711. The van der Waals surface area contributed by atoms with Crippen molar-refractivity contribution in [2.24, 2.45) is 0 Å². The van der Waals surface area contributed by atoms with E-state index in [1.165, 1.54) is 12.1 Å². The van der Waals surface area contributed by atoms with Gasteiger partial charge in [-0.15, -0.1) is 0 Å². The first-order valence-electron chi connectivity index (χ1n) is 7.64. The molecular weight excluding hydrogens is 378 g/mol. The summed E-state index contributed by atoms with van der Waals surface area (Å²) in [5.74, 6) is 1.34. The molecule has 0 aliphatic carbocycles. The number of rotatable bonds is 7. The Balaban J connectivity index is 1.89. The highest BCUT2D eigenvalue weighted by molar-refractivity contribution is 7.80. The number of hydrogen-bond acceptors (Lipinski definition) is 5. The van der Waals surface area contributed by atoms with Crippen LogP contribution in [0.25, 0.3) is 0 Å². The molecule has 0 bridgehead atoms. The molecule has 0 saturated carbocycles. The van der Waals surface area contributed by atoms with Crippen molar-refractivity contribution in [2.75, 3.05) is 26.1 Å². The van der Waals surface area contributed by atoms with Gasteiger partial charge < -0.3 is 20.1 Å². The topological polar surface area (TPSA) is 85.7 Å². The Bertz CT molecular complexity index is 817. The molecule has 2 rings (SSSR count). The van der Waals surface area contributed by atoms with E-state index in [2.05, 4.69) is 10.6 Å². The van der Waals surface area contributed by atoms with E-state index in [0.29, 0.717) is 35.3 Å². The monoisotopic (exact) mass is 395 g/mol. The number of ether oxygens (including phenoxy) is 2. The molecule has 2 aromatic rings. The zero-order chi connectivity index (χ0) is 19.1. The highest BCUT2D eigenvalue weighted by atomic mass is 35.5. The molecule has 0 saturated heterocycles. The molecule has 0 atom stereocenters. The molecule has 9 heteroatoms. The van der Waals surface area contributed by atoms with E-state index in [4.69, 9.17) is 33.3 Å². The first-order chi connectivity index (χ1) is 12.4. The third kappa shape index (κ3) is 5.21. The van der Waals surface area contributed by atoms with Crippen LogP contribution in [0, 0.1) is 10.1 Å². The van der Waals surface area contributed by atoms with Gasteiger partial charge in [-0.25, -0.2) is 0 Å². The molecule has 0 spiro atoms. The van der Waals surface area contributed by atoms with E-state index < -0.39 is 4.92 Å². The number of benzene rings is 2. The zero-order valence-electron chi connectivity index (χ0n) is 14.2. The predicted molar refractivity (Wildman–Crippen MR) is 106 cm³/mol. The summed E-state index contributed by atoms with van der Waals surface area (Å²) in [7, 11) is 3.18. The van der Waals surface area contributed by atoms with Crippen molar-refractivity contribution in [1.82, 2.24) is 5.32 Å². The minimum atomic E-state index is -0.541. The van der Waals surface area contributed by atoms with E-state index in [9.17, 15) is 10.1 Å². The molecular formula is C17H18ClN3O4S. The lowest BCUT2D eigenvalue weighted by Crippen LogP contribution is -2.30. The maximum Gasteiger partial charge on any atom is 0.289 e. The Labute approximate surface area is 161 Å². The Morgan fingerprint density at radius 2 is 1.92 bits per heavy atom. The van der Waals surface area contributed by atoms with Gasteiger partial charge in [-0.1, -0.05) is 17.7 Å². The van der Waals surface area contributed by atoms with Gasteiger partial charge in [-0.05, 0) is 48.5 Å². The van der Waals surface area contributed by atoms with Crippen LogP contribution in [0.1, 0.15) is 5.56 Å². The Morgan fingerprint density at radius 1 is 1.19 bits per heavy atom. The van der Waals surface area contributed by atoms with Crippen molar-refractivity contribution in [3.63, 3.8) is 0 Å². The maximum absolute atomic E-state index is 10.9. The van der Waals surface area contributed by atoms with Gasteiger partial charge in [0.1, 0.15) is 5.02 Å². The van der Waals surface area contributed by atoms with Crippen molar-refractivity contribution in [3.05, 3.63) is 57.1 Å². The Kier molecular flexibility index (Phi) is 6.99. The summed E-state index contributed by atoms with van der Waals surface area (Å²) in [6.45, 7) is 0.580. The minimum absolute atomic E-state index is 0.0767. The van der Waals surface area contributed by atoms with Crippen LogP contribution >= 0.6 is 23.8 Å². The summed E-state index contributed by atoms with van der Waals surface area (Å²) >= 11 is 11.0. The van der Waals surface area contributed by atoms with Crippen LogP contribution in [0.15, 0.2) is 36.4 Å². The molecule has 0 fully saturated rings. The molecule has 0 amide bonds. The van der Waals surface area contributed by atoms with Crippen LogP contribution in [0.3, 0.4) is 0 Å². The number of methoxy groups -OCH3 is 2. The normalized spacial score (nSPS) is 10.1. The molecule has 26 heavy (non-hydrogen) atoms. The van der Waals surface area contributed by atoms with Crippen molar-refractivity contribution >= 4 is 40.3 Å². The lowest BCUT2D eigenvalue weighted by Gasteiger charge is -2.12. The van der Waals surface area contributed by atoms with Crippen LogP contribution in [-0.2, 0) is 6.42 Å². The molecule has 138 valence electrons. The first-order valence-corrected chi connectivity index (χ1v) is 8.43. The maximum atomic E-state index is 10.9. The van der Waals surface area contributed by atoms with Gasteiger partial charge in [-0.3, -0.25) is 10.1 Å². The molecule has 0 unspecified atom stereocenters. The second-order valence-electron chi connectivity index (χ2n) is 5.24. The molecule has 2 aromatic carbocycles. The van der Waals surface area contributed by atoms with Gasteiger partial charge >= 0.3 is 0 Å². The van der Waals surface area contributed by atoms with E-state index in [1.54, 1.807) is 20.3 Å². The van der Waals surface area contributed by atoms with Gasteiger partial charge in [0.05, 0.1) is 19.1 Å². The second kappa shape index (κ2) is 9.21. The van der Waals surface area contributed by atoms with Gasteiger partial charge in [0.25, 0.3) is 5.69 Å². The van der Waals surface area contributed by atoms with Crippen LogP contribution < -0.4 is 20.1 Å². The SMILES string of the molecule is COc1ccc(CCNC(=S)Nc2ccc(Cl)c([N+](=O)[O-])c2)cc1OC. The summed E-state index contributed by atoms with van der Waals surface area (Å²) in [6, 6.07) is 10.1. The summed E-state index contributed by atoms with van der Waals surface area (Å²) in [5.41, 5.74) is 1.37. The van der Waals surface area contributed by atoms with Crippen molar-refractivity contribution in [1.29, 1.82) is 0 Å². The highest BCUT2D eigenvalue weighted by Crippen LogP contribution is 2.28. The van der Waals surface area contributed by atoms with Crippen LogP contribution in [-0.4, -0.2) is 30.8 Å². The zero-order valence-corrected chi connectivity index (χ0v) is 15.8. The van der Waals surface area contributed by atoms with Crippen LogP contribution in [0.5, 0.6) is 11.5 Å². The Morgan fingerprint density at radius 3 is 2.58 bits per heavy atom. The van der Waals surface area contributed by atoms with Crippen LogP contribution in [0.4, 0.5) is 11.4 Å². The number of nitro groups is 1. The quantitative estimate of drug-likeness (QED) is 0.419. The Hall–Kier alpha value is -2.58.